The second-order valence-electron chi connectivity index (χ2n) is 6.61. The van der Waals surface area contributed by atoms with Gasteiger partial charge in [0.1, 0.15) is 0 Å². The standard InChI is InChI=1S/C21H27ClN4O.HI/c1-23-21(25-15-19-3-2-4-20(22)13-19)24-14-17-5-7-18(8-6-17)16-26-9-11-27-12-10-26;/h2-8,13H,9-12,14-16H2,1H3,(H2,23,24,25);1H. The first-order chi connectivity index (χ1) is 13.2. The first kappa shape index (κ1) is 22.9. The van der Waals surface area contributed by atoms with E-state index in [1.807, 2.05) is 24.3 Å². The molecule has 7 heteroatoms. The zero-order valence-electron chi connectivity index (χ0n) is 16.2. The molecule has 1 heterocycles. The fourth-order valence-corrected chi connectivity index (χ4v) is 3.23. The summed E-state index contributed by atoms with van der Waals surface area (Å²) in [5, 5.41) is 7.41. The molecular formula is C21H28ClIN4O. The number of morpholine rings is 1. The minimum Gasteiger partial charge on any atom is -0.379 e. The second kappa shape index (κ2) is 12.3. The Bertz CT molecular complexity index is 748. The van der Waals surface area contributed by atoms with E-state index >= 15 is 0 Å². The van der Waals surface area contributed by atoms with Crippen LogP contribution in [-0.4, -0.2) is 44.2 Å². The summed E-state index contributed by atoms with van der Waals surface area (Å²) in [6, 6.07) is 16.6. The molecule has 0 saturated carbocycles. The van der Waals surface area contributed by atoms with E-state index < -0.39 is 0 Å². The molecule has 1 aliphatic heterocycles. The van der Waals surface area contributed by atoms with Crippen LogP contribution in [-0.2, 0) is 24.4 Å². The quantitative estimate of drug-likeness (QED) is 0.351. The van der Waals surface area contributed by atoms with Gasteiger partial charge in [0.05, 0.1) is 13.2 Å². The molecular weight excluding hydrogens is 487 g/mol. The molecule has 2 aromatic carbocycles. The van der Waals surface area contributed by atoms with Crippen LogP contribution in [0.5, 0.6) is 0 Å². The number of aliphatic imine (C=N–C) groups is 1. The van der Waals surface area contributed by atoms with Crippen LogP contribution in [0.2, 0.25) is 5.02 Å². The molecule has 0 radical (unpaired) electrons. The number of rotatable bonds is 6. The van der Waals surface area contributed by atoms with Gasteiger partial charge in [0.2, 0.25) is 0 Å². The highest BCUT2D eigenvalue weighted by atomic mass is 127. The largest absolute Gasteiger partial charge is 0.379 e. The summed E-state index contributed by atoms with van der Waals surface area (Å²) in [4.78, 5) is 6.71. The van der Waals surface area contributed by atoms with Gasteiger partial charge in [-0.15, -0.1) is 24.0 Å². The van der Waals surface area contributed by atoms with Crippen molar-refractivity contribution < 1.29 is 4.74 Å². The van der Waals surface area contributed by atoms with E-state index in [0.717, 1.165) is 55.9 Å². The van der Waals surface area contributed by atoms with Gasteiger partial charge in [-0.1, -0.05) is 48.0 Å². The van der Waals surface area contributed by atoms with Crippen LogP contribution in [0.4, 0.5) is 0 Å². The average Bonchev–Trinajstić information content (AvgIpc) is 2.70. The van der Waals surface area contributed by atoms with E-state index in [1.54, 1.807) is 7.05 Å². The van der Waals surface area contributed by atoms with Gasteiger partial charge in [0.25, 0.3) is 0 Å². The van der Waals surface area contributed by atoms with E-state index in [2.05, 4.69) is 44.8 Å². The lowest BCUT2D eigenvalue weighted by Gasteiger charge is -2.26. The van der Waals surface area contributed by atoms with Gasteiger partial charge in [-0.05, 0) is 28.8 Å². The van der Waals surface area contributed by atoms with Crippen molar-refractivity contribution in [3.8, 4) is 0 Å². The van der Waals surface area contributed by atoms with Crippen LogP contribution in [0.1, 0.15) is 16.7 Å². The number of nitrogens with one attached hydrogen (secondary N) is 2. The smallest absolute Gasteiger partial charge is 0.191 e. The Balaban J connectivity index is 0.00000280. The molecule has 3 rings (SSSR count). The van der Waals surface area contributed by atoms with Gasteiger partial charge in [0.15, 0.2) is 5.96 Å². The maximum absolute atomic E-state index is 6.03. The summed E-state index contributed by atoms with van der Waals surface area (Å²) in [5.41, 5.74) is 3.69. The topological polar surface area (TPSA) is 48.9 Å². The molecule has 152 valence electrons. The molecule has 2 N–H and O–H groups in total. The first-order valence-corrected chi connectivity index (χ1v) is 9.67. The van der Waals surface area contributed by atoms with Crippen LogP contribution in [0.15, 0.2) is 53.5 Å². The van der Waals surface area contributed by atoms with Crippen LogP contribution in [0.3, 0.4) is 0 Å². The van der Waals surface area contributed by atoms with Crippen LogP contribution < -0.4 is 10.6 Å². The van der Waals surface area contributed by atoms with Gasteiger partial charge >= 0.3 is 0 Å². The molecule has 28 heavy (non-hydrogen) atoms. The molecule has 0 aromatic heterocycles. The number of guanidine groups is 1. The van der Waals surface area contributed by atoms with E-state index in [4.69, 9.17) is 16.3 Å². The van der Waals surface area contributed by atoms with Crippen molar-refractivity contribution in [1.82, 2.24) is 15.5 Å². The number of hydrogen-bond acceptors (Lipinski definition) is 3. The molecule has 1 saturated heterocycles. The summed E-state index contributed by atoms with van der Waals surface area (Å²) in [6.45, 7) is 6.09. The Kier molecular flexibility index (Phi) is 10.0. The van der Waals surface area contributed by atoms with E-state index in [-0.39, 0.29) is 24.0 Å². The van der Waals surface area contributed by atoms with Crippen LogP contribution in [0.25, 0.3) is 0 Å². The molecule has 0 aliphatic carbocycles. The predicted octanol–water partition coefficient (Wildman–Crippen LogP) is 3.66. The fourth-order valence-electron chi connectivity index (χ4n) is 3.02. The Labute approximate surface area is 189 Å². The third kappa shape index (κ3) is 7.58. The number of benzene rings is 2. The van der Waals surface area contributed by atoms with Crippen molar-refractivity contribution >= 4 is 41.5 Å². The fraction of sp³-hybridized carbons (Fsp3) is 0.381. The molecule has 5 nitrogen and oxygen atoms in total. The van der Waals surface area contributed by atoms with Crippen LogP contribution in [0, 0.1) is 0 Å². The normalized spacial score (nSPS) is 15.0. The minimum absolute atomic E-state index is 0. The van der Waals surface area contributed by atoms with Crippen LogP contribution >= 0.6 is 35.6 Å². The lowest BCUT2D eigenvalue weighted by Crippen LogP contribution is -2.36. The van der Waals surface area contributed by atoms with E-state index in [0.29, 0.717) is 6.54 Å². The zero-order chi connectivity index (χ0) is 18.9. The first-order valence-electron chi connectivity index (χ1n) is 9.30. The Hall–Kier alpha value is -1.35. The predicted molar refractivity (Wildman–Crippen MR) is 126 cm³/mol. The lowest BCUT2D eigenvalue weighted by molar-refractivity contribution is 0.0342. The molecule has 0 bridgehead atoms. The van der Waals surface area contributed by atoms with E-state index in [1.165, 1.54) is 11.1 Å². The Morgan fingerprint density at radius 2 is 1.64 bits per heavy atom. The molecule has 1 fully saturated rings. The summed E-state index contributed by atoms with van der Waals surface area (Å²) < 4.78 is 5.40. The molecule has 1 aliphatic rings. The van der Waals surface area contributed by atoms with Crippen molar-refractivity contribution in [3.63, 3.8) is 0 Å². The van der Waals surface area contributed by atoms with E-state index in [9.17, 15) is 0 Å². The van der Waals surface area contributed by atoms with Crippen molar-refractivity contribution in [2.75, 3.05) is 33.4 Å². The maximum atomic E-state index is 6.03. The maximum Gasteiger partial charge on any atom is 0.191 e. The summed E-state index contributed by atoms with van der Waals surface area (Å²) in [7, 11) is 1.78. The zero-order valence-corrected chi connectivity index (χ0v) is 19.2. The van der Waals surface area contributed by atoms with Gasteiger partial charge in [-0.25, -0.2) is 0 Å². The third-order valence-electron chi connectivity index (χ3n) is 4.57. The number of hydrogen-bond donors (Lipinski definition) is 2. The second-order valence-corrected chi connectivity index (χ2v) is 7.05. The molecule has 2 aromatic rings. The number of halogens is 2. The molecule has 0 amide bonds. The highest BCUT2D eigenvalue weighted by molar-refractivity contribution is 14.0. The van der Waals surface area contributed by atoms with Crippen molar-refractivity contribution in [2.45, 2.75) is 19.6 Å². The lowest BCUT2D eigenvalue weighted by atomic mass is 10.1. The van der Waals surface area contributed by atoms with Gasteiger partial charge < -0.3 is 15.4 Å². The number of nitrogens with zero attached hydrogens (tertiary/aromatic N) is 2. The summed E-state index contributed by atoms with van der Waals surface area (Å²) in [5.74, 6) is 0.771. The van der Waals surface area contributed by atoms with Crippen molar-refractivity contribution in [1.29, 1.82) is 0 Å². The van der Waals surface area contributed by atoms with Gasteiger partial charge in [0, 0.05) is 44.8 Å². The molecule has 0 spiro atoms. The third-order valence-corrected chi connectivity index (χ3v) is 4.80. The molecule has 0 unspecified atom stereocenters. The Morgan fingerprint density at radius 3 is 2.29 bits per heavy atom. The van der Waals surface area contributed by atoms with Gasteiger partial charge in [-0.3, -0.25) is 9.89 Å². The summed E-state index contributed by atoms with van der Waals surface area (Å²) in [6.07, 6.45) is 0. The molecule has 0 atom stereocenters. The Morgan fingerprint density at radius 1 is 1.00 bits per heavy atom. The van der Waals surface area contributed by atoms with Crippen molar-refractivity contribution in [2.24, 2.45) is 4.99 Å². The highest BCUT2D eigenvalue weighted by Crippen LogP contribution is 2.11. The summed E-state index contributed by atoms with van der Waals surface area (Å²) >= 11 is 6.03. The SMILES string of the molecule is CN=C(NCc1ccc(CN2CCOCC2)cc1)NCc1cccc(Cl)c1.I. The van der Waals surface area contributed by atoms with Gasteiger partial charge in [-0.2, -0.15) is 0 Å². The average molecular weight is 515 g/mol. The monoisotopic (exact) mass is 514 g/mol. The minimum atomic E-state index is 0. The number of ether oxygens (including phenoxy) is 1. The highest BCUT2D eigenvalue weighted by Gasteiger charge is 2.10. The van der Waals surface area contributed by atoms with Crippen molar-refractivity contribution in [3.05, 3.63) is 70.2 Å².